The predicted molar refractivity (Wildman–Crippen MR) is 137 cm³/mol. The maximum Gasteiger partial charge on any atom is 0.508 e. The van der Waals surface area contributed by atoms with Gasteiger partial charge in [-0.1, -0.05) is 47.6 Å². The van der Waals surface area contributed by atoms with Crippen molar-refractivity contribution in [1.82, 2.24) is 5.32 Å². The first-order valence-corrected chi connectivity index (χ1v) is 12.3. The Morgan fingerprint density at radius 3 is 1.95 bits per heavy atom. The molecule has 2 atom stereocenters. The van der Waals surface area contributed by atoms with Crippen LogP contribution in [0.4, 0.5) is 4.79 Å². The summed E-state index contributed by atoms with van der Waals surface area (Å²) in [4.78, 5) is 48.3. The van der Waals surface area contributed by atoms with Crippen LogP contribution >= 0.6 is 0 Å². The number of benzene rings is 1. The first kappa shape index (κ1) is 31.9. The van der Waals surface area contributed by atoms with Crippen LogP contribution in [0, 0.1) is 10.8 Å². The van der Waals surface area contributed by atoms with Crippen LogP contribution in [0.5, 0.6) is 11.5 Å². The molecule has 0 saturated heterocycles. The van der Waals surface area contributed by atoms with Crippen LogP contribution in [0.2, 0.25) is 0 Å². The summed E-state index contributed by atoms with van der Waals surface area (Å²) < 4.78 is 20.8. The van der Waals surface area contributed by atoms with Crippen LogP contribution in [0.25, 0.3) is 0 Å². The minimum atomic E-state index is -1.12. The molecule has 0 aliphatic rings. The van der Waals surface area contributed by atoms with E-state index in [1.807, 2.05) is 41.5 Å². The Morgan fingerprint density at radius 1 is 0.919 bits per heavy atom. The molecule has 0 saturated carbocycles. The molecule has 1 rings (SSSR count). The molecule has 10 nitrogen and oxygen atoms in total. The molecule has 0 spiro atoms. The van der Waals surface area contributed by atoms with Crippen LogP contribution in [0.3, 0.4) is 0 Å². The smallest absolute Gasteiger partial charge is 0.480 e. The summed E-state index contributed by atoms with van der Waals surface area (Å²) >= 11 is 0. The topological polar surface area (TPSA) is 137 Å². The SMILES string of the molecule is CCOC(=O)OC(C)CN[C@@H](Cc1ccc(OC(=O)CC(C)(C)C)c(OC(=O)CC(C)(C)C)c1)C(=O)O. The third-order valence-corrected chi connectivity index (χ3v) is 4.75. The largest absolute Gasteiger partial charge is 0.508 e. The fourth-order valence-corrected chi connectivity index (χ4v) is 3.18. The van der Waals surface area contributed by atoms with Crippen LogP contribution < -0.4 is 14.8 Å². The second-order valence-electron chi connectivity index (χ2n) is 11.3. The van der Waals surface area contributed by atoms with Crippen molar-refractivity contribution in [2.24, 2.45) is 10.8 Å². The highest BCUT2D eigenvalue weighted by molar-refractivity contribution is 5.77. The van der Waals surface area contributed by atoms with Crippen LogP contribution in [0.15, 0.2) is 18.2 Å². The van der Waals surface area contributed by atoms with Crippen LogP contribution in [-0.4, -0.2) is 54.5 Å². The molecule has 0 aromatic heterocycles. The maximum atomic E-state index is 12.5. The van der Waals surface area contributed by atoms with Gasteiger partial charge in [0.2, 0.25) is 0 Å². The van der Waals surface area contributed by atoms with Crippen molar-refractivity contribution in [3.05, 3.63) is 23.8 Å². The summed E-state index contributed by atoms with van der Waals surface area (Å²) in [7, 11) is 0. The lowest BCUT2D eigenvalue weighted by Crippen LogP contribution is -2.42. The lowest BCUT2D eigenvalue weighted by Gasteiger charge is -2.20. The van der Waals surface area contributed by atoms with E-state index in [4.69, 9.17) is 18.9 Å². The lowest BCUT2D eigenvalue weighted by molar-refractivity contribution is -0.139. The zero-order chi connectivity index (χ0) is 28.4. The molecule has 1 aromatic carbocycles. The number of nitrogens with one attached hydrogen (secondary N) is 1. The molecule has 0 heterocycles. The Balaban J connectivity index is 3.07. The predicted octanol–water partition coefficient (Wildman–Crippen LogP) is 4.52. The van der Waals surface area contributed by atoms with Crippen molar-refractivity contribution in [3.8, 4) is 11.5 Å². The zero-order valence-corrected chi connectivity index (χ0v) is 23.1. The molecule has 0 fully saturated rings. The first-order valence-electron chi connectivity index (χ1n) is 12.3. The van der Waals surface area contributed by atoms with Gasteiger partial charge in [-0.3, -0.25) is 14.4 Å². The number of esters is 2. The van der Waals surface area contributed by atoms with Gasteiger partial charge >= 0.3 is 24.1 Å². The maximum absolute atomic E-state index is 12.5. The molecule has 0 aliphatic heterocycles. The van der Waals surface area contributed by atoms with E-state index in [2.05, 4.69) is 5.32 Å². The van der Waals surface area contributed by atoms with E-state index in [0.29, 0.717) is 5.56 Å². The van der Waals surface area contributed by atoms with Gasteiger partial charge < -0.3 is 29.4 Å². The van der Waals surface area contributed by atoms with Crippen molar-refractivity contribution in [3.63, 3.8) is 0 Å². The van der Waals surface area contributed by atoms with Gasteiger partial charge in [-0.15, -0.1) is 0 Å². The zero-order valence-electron chi connectivity index (χ0n) is 23.1. The average Bonchev–Trinajstić information content (AvgIpc) is 2.69. The summed E-state index contributed by atoms with van der Waals surface area (Å²) in [5, 5.41) is 12.5. The Labute approximate surface area is 219 Å². The third-order valence-electron chi connectivity index (χ3n) is 4.75. The summed E-state index contributed by atoms with van der Waals surface area (Å²) in [6.45, 7) is 14.9. The Hall–Kier alpha value is -3.14. The minimum Gasteiger partial charge on any atom is -0.480 e. The quantitative estimate of drug-likeness (QED) is 0.297. The molecule has 0 aliphatic carbocycles. The number of hydrogen-bond acceptors (Lipinski definition) is 9. The summed E-state index contributed by atoms with van der Waals surface area (Å²) in [6, 6.07) is 3.56. The molecule has 0 bridgehead atoms. The number of carboxylic acids is 1. The van der Waals surface area contributed by atoms with E-state index in [9.17, 15) is 24.3 Å². The molecule has 2 N–H and O–H groups in total. The number of carbonyl (C=O) groups excluding carboxylic acids is 3. The van der Waals surface area contributed by atoms with Crippen LogP contribution in [-0.2, 0) is 30.3 Å². The fraction of sp³-hybridized carbons (Fsp3) is 0.630. The highest BCUT2D eigenvalue weighted by Gasteiger charge is 2.24. The molecule has 1 unspecified atom stereocenters. The molecular formula is C27H41NO9. The standard InChI is InChI=1S/C27H41NO9/c1-9-34-25(33)35-17(2)16-28-19(24(31)32)12-18-10-11-20(36-22(29)14-26(3,4)5)21(13-18)37-23(30)15-27(6,7)8/h10-11,13,17,19,28H,9,12,14-16H2,1-8H3,(H,31,32)/t17?,19-/m0/s1. The van der Waals surface area contributed by atoms with Gasteiger partial charge in [0.15, 0.2) is 11.5 Å². The number of hydrogen-bond donors (Lipinski definition) is 2. The minimum absolute atomic E-state index is 0.0293. The van der Waals surface area contributed by atoms with Gasteiger partial charge in [0.1, 0.15) is 12.1 Å². The lowest BCUT2D eigenvalue weighted by atomic mass is 9.92. The van der Waals surface area contributed by atoms with E-state index in [-0.39, 0.29) is 54.7 Å². The molecule has 208 valence electrons. The summed E-state index contributed by atoms with van der Waals surface area (Å²) in [5.41, 5.74) is -0.0828. The third kappa shape index (κ3) is 13.7. The van der Waals surface area contributed by atoms with Gasteiger partial charge in [-0.25, -0.2) is 4.79 Å². The molecular weight excluding hydrogens is 482 g/mol. The van der Waals surface area contributed by atoms with E-state index >= 15 is 0 Å². The molecule has 0 radical (unpaired) electrons. The van der Waals surface area contributed by atoms with Gasteiger partial charge in [-0.2, -0.15) is 0 Å². The Bertz CT molecular complexity index is 944. The number of rotatable bonds is 12. The highest BCUT2D eigenvalue weighted by Crippen LogP contribution is 2.32. The first-order chi connectivity index (χ1) is 17.0. The monoisotopic (exact) mass is 523 g/mol. The van der Waals surface area contributed by atoms with Crippen molar-refractivity contribution in [2.75, 3.05) is 13.2 Å². The average molecular weight is 524 g/mol. The van der Waals surface area contributed by atoms with Gasteiger partial charge in [0, 0.05) is 6.54 Å². The van der Waals surface area contributed by atoms with E-state index < -0.39 is 36.2 Å². The Morgan fingerprint density at radius 2 is 1.46 bits per heavy atom. The van der Waals surface area contributed by atoms with Crippen molar-refractivity contribution < 1.29 is 43.2 Å². The second-order valence-corrected chi connectivity index (χ2v) is 11.3. The molecule has 37 heavy (non-hydrogen) atoms. The molecule has 10 heteroatoms. The van der Waals surface area contributed by atoms with Crippen LogP contribution in [0.1, 0.15) is 73.8 Å². The Kier molecular flexibility index (Phi) is 12.0. The van der Waals surface area contributed by atoms with Gasteiger partial charge in [0.25, 0.3) is 0 Å². The fourth-order valence-electron chi connectivity index (χ4n) is 3.18. The summed E-state index contributed by atoms with van der Waals surface area (Å²) in [5.74, 6) is -1.98. The van der Waals surface area contributed by atoms with Gasteiger partial charge in [0.05, 0.1) is 19.4 Å². The molecule has 1 aromatic rings. The number of ether oxygens (including phenoxy) is 4. The second kappa shape index (κ2) is 14.0. The number of carbonyl (C=O) groups is 4. The highest BCUT2D eigenvalue weighted by atomic mass is 16.7. The van der Waals surface area contributed by atoms with E-state index in [1.54, 1.807) is 19.9 Å². The van der Waals surface area contributed by atoms with Crippen molar-refractivity contribution in [1.29, 1.82) is 0 Å². The van der Waals surface area contributed by atoms with Crippen molar-refractivity contribution in [2.45, 2.75) is 86.8 Å². The van der Waals surface area contributed by atoms with E-state index in [0.717, 1.165) is 0 Å². The van der Waals surface area contributed by atoms with Crippen molar-refractivity contribution >= 4 is 24.1 Å². The summed E-state index contributed by atoms with van der Waals surface area (Å²) in [6.07, 6.45) is -1.14. The molecule has 0 amide bonds. The number of aliphatic carboxylic acids is 1. The normalized spacial score (nSPS) is 13.3. The number of carboxylic acid groups (broad SMARTS) is 1. The van der Waals surface area contributed by atoms with E-state index in [1.165, 1.54) is 12.1 Å². The van der Waals surface area contributed by atoms with Gasteiger partial charge in [-0.05, 0) is 48.8 Å².